The number of likely N-dealkylation sites (tertiary alicyclic amines) is 1. The van der Waals surface area contributed by atoms with Crippen molar-refractivity contribution >= 4 is 16.4 Å². The van der Waals surface area contributed by atoms with E-state index < -0.39 is 0 Å². The van der Waals surface area contributed by atoms with Crippen molar-refractivity contribution in [3.05, 3.63) is 47.4 Å². The van der Waals surface area contributed by atoms with Crippen LogP contribution >= 0.6 is 0 Å². The molecule has 0 radical (unpaired) electrons. The van der Waals surface area contributed by atoms with Crippen LogP contribution in [0.4, 0.5) is 0 Å². The van der Waals surface area contributed by atoms with Gasteiger partial charge in [-0.15, -0.1) is 0 Å². The van der Waals surface area contributed by atoms with Gasteiger partial charge in [-0.1, -0.05) is 24.6 Å². The van der Waals surface area contributed by atoms with E-state index in [9.17, 15) is 0 Å². The molecule has 23 heavy (non-hydrogen) atoms. The third-order valence-electron chi connectivity index (χ3n) is 5.15. The number of benzene rings is 1. The van der Waals surface area contributed by atoms with Crippen molar-refractivity contribution in [2.75, 3.05) is 19.6 Å². The summed E-state index contributed by atoms with van der Waals surface area (Å²) in [6.07, 6.45) is 5.25. The summed E-state index contributed by atoms with van der Waals surface area (Å²) in [5.74, 6) is 1.08. The van der Waals surface area contributed by atoms with Gasteiger partial charge in [0.2, 0.25) is 0 Å². The Labute approximate surface area is 137 Å². The molecule has 1 aromatic carbocycles. The standard InChI is InChI=1S/C20H25N3/c1-15-14-20-18(10-13-22-11-6-3-7-12-22)17-8-4-5-9-19(17)23(20)16(2)21-15/h4-5,8-9,14H,3,6-7,10-13H2,1-2H3. The molecule has 0 amide bonds. The number of rotatable bonds is 3. The summed E-state index contributed by atoms with van der Waals surface area (Å²) in [4.78, 5) is 7.30. The van der Waals surface area contributed by atoms with Crippen molar-refractivity contribution in [1.29, 1.82) is 0 Å². The topological polar surface area (TPSA) is 20.5 Å². The number of nitrogens with zero attached hydrogens (tertiary/aromatic N) is 3. The first-order valence-corrected chi connectivity index (χ1v) is 8.82. The van der Waals surface area contributed by atoms with E-state index in [0.717, 1.165) is 17.9 Å². The molecule has 3 aromatic rings. The fourth-order valence-corrected chi connectivity index (χ4v) is 4.08. The first-order chi connectivity index (χ1) is 11.2. The van der Waals surface area contributed by atoms with Crippen molar-refractivity contribution in [2.24, 2.45) is 0 Å². The van der Waals surface area contributed by atoms with Crippen LogP contribution in [0, 0.1) is 13.8 Å². The fourth-order valence-electron chi connectivity index (χ4n) is 4.08. The number of hydrogen-bond donors (Lipinski definition) is 0. The van der Waals surface area contributed by atoms with Crippen molar-refractivity contribution in [2.45, 2.75) is 39.5 Å². The second kappa shape index (κ2) is 5.97. The Kier molecular flexibility index (Phi) is 3.82. The van der Waals surface area contributed by atoms with Gasteiger partial charge in [0, 0.05) is 17.6 Å². The van der Waals surface area contributed by atoms with E-state index >= 15 is 0 Å². The first-order valence-electron chi connectivity index (χ1n) is 8.82. The van der Waals surface area contributed by atoms with Crippen LogP contribution < -0.4 is 0 Å². The monoisotopic (exact) mass is 307 g/mol. The Morgan fingerprint density at radius 1 is 1.00 bits per heavy atom. The summed E-state index contributed by atoms with van der Waals surface area (Å²) in [6.45, 7) is 7.91. The van der Waals surface area contributed by atoms with E-state index in [1.54, 1.807) is 0 Å². The van der Waals surface area contributed by atoms with E-state index in [0.29, 0.717) is 0 Å². The highest BCUT2D eigenvalue weighted by Crippen LogP contribution is 2.28. The lowest BCUT2D eigenvalue weighted by Gasteiger charge is -2.26. The maximum Gasteiger partial charge on any atom is 0.110 e. The van der Waals surface area contributed by atoms with Crippen LogP contribution in [0.1, 0.15) is 36.3 Å². The molecule has 3 heterocycles. The van der Waals surface area contributed by atoms with Gasteiger partial charge >= 0.3 is 0 Å². The van der Waals surface area contributed by atoms with Gasteiger partial charge in [-0.05, 0) is 63.9 Å². The third kappa shape index (κ3) is 2.63. The molecular weight excluding hydrogens is 282 g/mol. The highest BCUT2D eigenvalue weighted by molar-refractivity contribution is 5.92. The second-order valence-corrected chi connectivity index (χ2v) is 6.81. The Morgan fingerprint density at radius 2 is 1.78 bits per heavy atom. The van der Waals surface area contributed by atoms with Crippen LogP contribution in [0.3, 0.4) is 0 Å². The summed E-state index contributed by atoms with van der Waals surface area (Å²) < 4.78 is 2.33. The largest absolute Gasteiger partial charge is 0.303 e. The smallest absolute Gasteiger partial charge is 0.110 e. The molecule has 1 saturated heterocycles. The highest BCUT2D eigenvalue weighted by Gasteiger charge is 2.16. The minimum atomic E-state index is 1.08. The number of para-hydroxylation sites is 1. The fraction of sp³-hybridized carbons (Fsp3) is 0.450. The molecular formula is C20H25N3. The second-order valence-electron chi connectivity index (χ2n) is 6.81. The van der Waals surface area contributed by atoms with Gasteiger partial charge < -0.3 is 4.90 Å². The molecule has 4 rings (SSSR count). The van der Waals surface area contributed by atoms with Crippen LogP contribution in [0.25, 0.3) is 16.4 Å². The van der Waals surface area contributed by atoms with Crippen LogP contribution in [-0.2, 0) is 6.42 Å². The Bertz CT molecular complexity index is 841. The molecule has 0 aliphatic carbocycles. The Hall–Kier alpha value is -1.87. The molecule has 0 bridgehead atoms. The number of hydrogen-bond acceptors (Lipinski definition) is 2. The molecule has 0 spiro atoms. The van der Waals surface area contributed by atoms with Crippen LogP contribution in [0.2, 0.25) is 0 Å². The van der Waals surface area contributed by atoms with Gasteiger partial charge in [-0.25, -0.2) is 4.98 Å². The number of aromatic nitrogens is 2. The van der Waals surface area contributed by atoms with Gasteiger partial charge in [0.1, 0.15) is 5.82 Å². The summed E-state index contributed by atoms with van der Waals surface area (Å²) in [6, 6.07) is 11.0. The third-order valence-corrected chi connectivity index (χ3v) is 5.15. The molecule has 120 valence electrons. The number of fused-ring (bicyclic) bond motifs is 3. The quantitative estimate of drug-likeness (QED) is 0.725. The average Bonchev–Trinajstić information content (AvgIpc) is 2.87. The van der Waals surface area contributed by atoms with Crippen molar-refractivity contribution in [1.82, 2.24) is 14.3 Å². The zero-order valence-electron chi connectivity index (χ0n) is 14.2. The zero-order chi connectivity index (χ0) is 15.8. The lowest BCUT2D eigenvalue weighted by Crippen LogP contribution is -2.31. The average molecular weight is 307 g/mol. The molecule has 3 nitrogen and oxygen atoms in total. The number of aryl methyl sites for hydroxylation is 2. The Morgan fingerprint density at radius 3 is 2.61 bits per heavy atom. The molecule has 0 unspecified atom stereocenters. The maximum absolute atomic E-state index is 4.67. The number of piperidine rings is 1. The van der Waals surface area contributed by atoms with Crippen molar-refractivity contribution in [3.63, 3.8) is 0 Å². The van der Waals surface area contributed by atoms with Crippen molar-refractivity contribution < 1.29 is 0 Å². The van der Waals surface area contributed by atoms with Gasteiger partial charge in [0.25, 0.3) is 0 Å². The van der Waals surface area contributed by atoms with Crippen molar-refractivity contribution in [3.8, 4) is 0 Å². The molecule has 1 aliphatic rings. The van der Waals surface area contributed by atoms with E-state index in [-0.39, 0.29) is 0 Å². The summed E-state index contributed by atoms with van der Waals surface area (Å²) in [7, 11) is 0. The summed E-state index contributed by atoms with van der Waals surface area (Å²) >= 11 is 0. The van der Waals surface area contributed by atoms with Crippen LogP contribution in [-0.4, -0.2) is 33.9 Å². The molecule has 2 aromatic heterocycles. The zero-order valence-corrected chi connectivity index (χ0v) is 14.2. The van der Waals surface area contributed by atoms with E-state index in [1.807, 2.05) is 0 Å². The van der Waals surface area contributed by atoms with Gasteiger partial charge in [0.05, 0.1) is 11.0 Å². The molecule has 1 fully saturated rings. The predicted molar refractivity (Wildman–Crippen MR) is 96.2 cm³/mol. The summed E-state index contributed by atoms with van der Waals surface area (Å²) in [5.41, 5.74) is 5.23. The molecule has 3 heteroatoms. The molecule has 0 saturated carbocycles. The van der Waals surface area contributed by atoms with Gasteiger partial charge in [-0.3, -0.25) is 4.40 Å². The Balaban J connectivity index is 1.79. The lowest BCUT2D eigenvalue weighted by atomic mass is 10.1. The first kappa shape index (κ1) is 14.7. The van der Waals surface area contributed by atoms with E-state index in [4.69, 9.17) is 0 Å². The van der Waals surface area contributed by atoms with Gasteiger partial charge in [-0.2, -0.15) is 0 Å². The van der Waals surface area contributed by atoms with Crippen LogP contribution in [0.15, 0.2) is 30.3 Å². The molecule has 0 atom stereocenters. The minimum absolute atomic E-state index is 1.08. The van der Waals surface area contributed by atoms with E-state index in [1.165, 1.54) is 60.9 Å². The normalized spacial score (nSPS) is 16.4. The molecule has 1 aliphatic heterocycles. The van der Waals surface area contributed by atoms with E-state index in [2.05, 4.69) is 58.5 Å². The predicted octanol–water partition coefficient (Wildman–Crippen LogP) is 4.13. The minimum Gasteiger partial charge on any atom is -0.303 e. The molecule has 0 N–H and O–H groups in total. The SMILES string of the molecule is Cc1cc2c(CCN3CCCCC3)c3ccccc3n2c(C)n1. The maximum atomic E-state index is 4.67. The van der Waals surface area contributed by atoms with Gasteiger partial charge in [0.15, 0.2) is 0 Å². The lowest BCUT2D eigenvalue weighted by molar-refractivity contribution is 0.232. The highest BCUT2D eigenvalue weighted by atomic mass is 15.1. The summed E-state index contributed by atoms with van der Waals surface area (Å²) in [5, 5.41) is 1.39. The van der Waals surface area contributed by atoms with Crippen LogP contribution in [0.5, 0.6) is 0 Å².